The highest BCUT2D eigenvalue weighted by atomic mass is 19.4. The molecule has 0 heterocycles. The van der Waals surface area contributed by atoms with E-state index in [1.807, 2.05) is 0 Å². The summed E-state index contributed by atoms with van der Waals surface area (Å²) in [5, 5.41) is 2.87. The van der Waals surface area contributed by atoms with Gasteiger partial charge in [-0.05, 0) is 0 Å². The molecule has 1 aromatic rings. The van der Waals surface area contributed by atoms with Gasteiger partial charge in [-0.1, -0.05) is 0 Å². The van der Waals surface area contributed by atoms with E-state index >= 15 is 0 Å². The molecular formula is C12H17F3N2O3. The van der Waals surface area contributed by atoms with Gasteiger partial charge < -0.3 is 25.3 Å². The van der Waals surface area contributed by atoms with Crippen molar-refractivity contribution in [3.8, 4) is 11.5 Å². The number of anilines is 2. The molecule has 0 saturated heterocycles. The number of halogens is 3. The molecule has 0 aliphatic carbocycles. The maximum Gasteiger partial charge on any atom is 0.411 e. The molecule has 0 atom stereocenters. The Balaban J connectivity index is 2.52. The number of nitrogen functional groups attached to an aromatic ring is 1. The summed E-state index contributed by atoms with van der Waals surface area (Å²) in [5.74, 6) is 0.948. The van der Waals surface area contributed by atoms with Crippen LogP contribution in [-0.2, 0) is 4.74 Å². The van der Waals surface area contributed by atoms with Gasteiger partial charge in [0.15, 0.2) is 11.5 Å². The maximum absolute atomic E-state index is 11.9. The molecule has 0 spiro atoms. The third-order valence-corrected chi connectivity index (χ3v) is 2.38. The molecule has 0 bridgehead atoms. The Morgan fingerprint density at radius 1 is 1.15 bits per heavy atom. The topological polar surface area (TPSA) is 65.7 Å². The van der Waals surface area contributed by atoms with Crippen LogP contribution in [0.4, 0.5) is 24.5 Å². The molecule has 1 rings (SSSR count). The normalized spacial score (nSPS) is 11.2. The first kappa shape index (κ1) is 16.2. The van der Waals surface area contributed by atoms with Crippen LogP contribution in [0.15, 0.2) is 12.1 Å². The van der Waals surface area contributed by atoms with Crippen LogP contribution in [-0.4, -0.2) is 40.2 Å². The summed E-state index contributed by atoms with van der Waals surface area (Å²) in [6.45, 7) is -1.17. The summed E-state index contributed by atoms with van der Waals surface area (Å²) in [4.78, 5) is 0. The van der Waals surface area contributed by atoms with Crippen molar-refractivity contribution in [2.45, 2.75) is 6.18 Å². The lowest BCUT2D eigenvalue weighted by Crippen LogP contribution is -2.20. The highest BCUT2D eigenvalue weighted by Gasteiger charge is 2.27. The van der Waals surface area contributed by atoms with E-state index < -0.39 is 12.8 Å². The fourth-order valence-electron chi connectivity index (χ4n) is 1.49. The van der Waals surface area contributed by atoms with E-state index in [0.29, 0.717) is 22.9 Å². The number of methoxy groups -OCH3 is 2. The molecule has 1 aromatic carbocycles. The lowest BCUT2D eigenvalue weighted by molar-refractivity contribution is -0.172. The van der Waals surface area contributed by atoms with Crippen molar-refractivity contribution in [3.63, 3.8) is 0 Å². The molecule has 0 radical (unpaired) electrons. The van der Waals surface area contributed by atoms with Crippen LogP contribution < -0.4 is 20.5 Å². The average molecular weight is 294 g/mol. The Morgan fingerprint density at radius 2 is 1.75 bits per heavy atom. The summed E-state index contributed by atoms with van der Waals surface area (Å²) >= 11 is 0. The van der Waals surface area contributed by atoms with Crippen molar-refractivity contribution in [3.05, 3.63) is 12.1 Å². The number of ether oxygens (including phenoxy) is 3. The van der Waals surface area contributed by atoms with E-state index in [9.17, 15) is 13.2 Å². The predicted octanol–water partition coefficient (Wildman–Crippen LogP) is 2.28. The molecule has 0 saturated carbocycles. The van der Waals surface area contributed by atoms with Crippen molar-refractivity contribution >= 4 is 11.4 Å². The monoisotopic (exact) mass is 294 g/mol. The molecule has 0 aromatic heterocycles. The minimum atomic E-state index is -4.32. The van der Waals surface area contributed by atoms with Gasteiger partial charge in [-0.25, -0.2) is 0 Å². The summed E-state index contributed by atoms with van der Waals surface area (Å²) in [5.41, 5.74) is 6.73. The molecule has 0 aliphatic heterocycles. The van der Waals surface area contributed by atoms with Gasteiger partial charge >= 0.3 is 6.18 Å². The first-order valence-corrected chi connectivity index (χ1v) is 5.77. The Labute approximate surface area is 114 Å². The van der Waals surface area contributed by atoms with Gasteiger partial charge in [0.2, 0.25) is 0 Å². The molecule has 114 valence electrons. The molecule has 0 fully saturated rings. The van der Waals surface area contributed by atoms with E-state index in [4.69, 9.17) is 15.2 Å². The Bertz CT molecular complexity index is 439. The standard InChI is InChI=1S/C12H17F3N2O3/c1-18-10-5-8(16)9(6-11(10)19-2)17-3-4-20-7-12(13,14)15/h5-6,17H,3-4,7,16H2,1-2H3. The van der Waals surface area contributed by atoms with Crippen LogP contribution in [0.5, 0.6) is 11.5 Å². The predicted molar refractivity (Wildman–Crippen MR) is 69.3 cm³/mol. The van der Waals surface area contributed by atoms with E-state index in [2.05, 4.69) is 10.1 Å². The Hall–Kier alpha value is -1.83. The van der Waals surface area contributed by atoms with E-state index in [0.717, 1.165) is 0 Å². The number of nitrogens with two attached hydrogens (primary N) is 1. The lowest BCUT2D eigenvalue weighted by atomic mass is 10.2. The van der Waals surface area contributed by atoms with E-state index in [1.54, 1.807) is 12.1 Å². The first-order valence-electron chi connectivity index (χ1n) is 5.77. The average Bonchev–Trinajstić information content (AvgIpc) is 2.38. The molecule has 0 unspecified atom stereocenters. The molecular weight excluding hydrogens is 277 g/mol. The quantitative estimate of drug-likeness (QED) is 0.596. The molecule has 5 nitrogen and oxygen atoms in total. The molecule has 3 N–H and O–H groups in total. The third-order valence-electron chi connectivity index (χ3n) is 2.38. The fourth-order valence-corrected chi connectivity index (χ4v) is 1.49. The third kappa shape index (κ3) is 5.04. The zero-order chi connectivity index (χ0) is 15.2. The maximum atomic E-state index is 11.9. The minimum Gasteiger partial charge on any atom is -0.493 e. The zero-order valence-corrected chi connectivity index (χ0v) is 11.2. The number of hydrogen-bond acceptors (Lipinski definition) is 5. The number of nitrogens with one attached hydrogen (secondary N) is 1. The number of benzene rings is 1. The van der Waals surface area contributed by atoms with E-state index in [-0.39, 0.29) is 13.2 Å². The summed E-state index contributed by atoms with van der Waals surface area (Å²) < 4.78 is 50.2. The van der Waals surface area contributed by atoms with Crippen LogP contribution in [0, 0.1) is 0 Å². The van der Waals surface area contributed by atoms with Crippen molar-refractivity contribution in [1.29, 1.82) is 0 Å². The summed E-state index contributed by atoms with van der Waals surface area (Å²) in [7, 11) is 2.96. The minimum absolute atomic E-state index is 0.0900. The van der Waals surface area contributed by atoms with Crippen molar-refractivity contribution in [2.24, 2.45) is 0 Å². The second-order valence-corrected chi connectivity index (χ2v) is 3.89. The van der Waals surface area contributed by atoms with Gasteiger partial charge in [-0.2, -0.15) is 13.2 Å². The van der Waals surface area contributed by atoms with Crippen molar-refractivity contribution in [2.75, 3.05) is 45.0 Å². The van der Waals surface area contributed by atoms with Gasteiger partial charge in [-0.15, -0.1) is 0 Å². The van der Waals surface area contributed by atoms with Crippen LogP contribution in [0.2, 0.25) is 0 Å². The number of hydrogen-bond donors (Lipinski definition) is 2. The van der Waals surface area contributed by atoms with Crippen molar-refractivity contribution < 1.29 is 27.4 Å². The van der Waals surface area contributed by atoms with Gasteiger partial charge in [0.1, 0.15) is 6.61 Å². The summed E-state index contributed by atoms with van der Waals surface area (Å²) in [6.07, 6.45) is -4.32. The van der Waals surface area contributed by atoms with Gasteiger partial charge in [-0.3, -0.25) is 0 Å². The van der Waals surface area contributed by atoms with Gasteiger partial charge in [0.25, 0.3) is 0 Å². The van der Waals surface area contributed by atoms with Crippen LogP contribution in [0.25, 0.3) is 0 Å². The van der Waals surface area contributed by atoms with E-state index in [1.165, 1.54) is 14.2 Å². The van der Waals surface area contributed by atoms with Crippen molar-refractivity contribution in [1.82, 2.24) is 0 Å². The first-order chi connectivity index (χ1) is 9.37. The molecule has 20 heavy (non-hydrogen) atoms. The number of rotatable bonds is 7. The fraction of sp³-hybridized carbons (Fsp3) is 0.500. The highest BCUT2D eigenvalue weighted by molar-refractivity contribution is 5.72. The van der Waals surface area contributed by atoms with Crippen LogP contribution in [0.3, 0.4) is 0 Å². The van der Waals surface area contributed by atoms with Gasteiger partial charge in [0.05, 0.1) is 32.2 Å². The van der Waals surface area contributed by atoms with Crippen LogP contribution in [0.1, 0.15) is 0 Å². The second kappa shape index (κ2) is 7.09. The molecule has 0 amide bonds. The second-order valence-electron chi connectivity index (χ2n) is 3.89. The van der Waals surface area contributed by atoms with Gasteiger partial charge in [0, 0.05) is 18.7 Å². The largest absolute Gasteiger partial charge is 0.493 e. The zero-order valence-electron chi connectivity index (χ0n) is 11.2. The highest BCUT2D eigenvalue weighted by Crippen LogP contribution is 2.34. The lowest BCUT2D eigenvalue weighted by Gasteiger charge is -2.14. The number of alkyl halides is 3. The SMILES string of the molecule is COc1cc(N)c(NCCOCC(F)(F)F)cc1OC. The Morgan fingerprint density at radius 3 is 2.30 bits per heavy atom. The molecule has 8 heteroatoms. The van der Waals surface area contributed by atoms with Crippen LogP contribution >= 0.6 is 0 Å². The smallest absolute Gasteiger partial charge is 0.411 e. The summed E-state index contributed by atoms with van der Waals surface area (Å²) in [6, 6.07) is 3.18. The Kier molecular flexibility index (Phi) is 5.75. The molecule has 0 aliphatic rings.